The number of hydrogen-bond acceptors (Lipinski definition) is 4. The van der Waals surface area contributed by atoms with Gasteiger partial charge in [0.15, 0.2) is 11.9 Å². The largest absolute Gasteiger partial charge is 0.324 e. The second-order valence-corrected chi connectivity index (χ2v) is 5.12. The first-order valence-electron chi connectivity index (χ1n) is 3.79. The van der Waals surface area contributed by atoms with Crippen molar-refractivity contribution in [3.8, 4) is 0 Å². The average Bonchev–Trinajstić information content (AvgIpc) is 2.69. The van der Waals surface area contributed by atoms with E-state index in [0.29, 0.717) is 0 Å². The zero-order valence-corrected chi connectivity index (χ0v) is 7.63. The highest BCUT2D eigenvalue weighted by Crippen LogP contribution is 2.55. The lowest BCUT2D eigenvalue weighted by Gasteiger charge is -2.04. The van der Waals surface area contributed by atoms with Crippen molar-refractivity contribution in [2.45, 2.75) is 12.8 Å². The molecule has 0 aromatic heterocycles. The molecule has 0 bridgehead atoms. The van der Waals surface area contributed by atoms with Gasteiger partial charge in [0.05, 0.1) is 6.54 Å². The molecule has 0 atom stereocenters. The smallest absolute Gasteiger partial charge is 0.300 e. The number of Topliss-reactive ketones (excluding diaryl/α,β-unsaturated/α-hetero) is 1. The summed E-state index contributed by atoms with van der Waals surface area (Å²) >= 11 is 0. The molecular weight excluding hydrogens is 177 g/mol. The molecule has 0 aliphatic heterocycles. The molecule has 1 rings (SSSR count). The summed E-state index contributed by atoms with van der Waals surface area (Å²) < 4.78 is 0. The van der Waals surface area contributed by atoms with Crippen LogP contribution in [0.3, 0.4) is 0 Å². The predicted molar refractivity (Wildman–Crippen MR) is 47.6 cm³/mol. The van der Waals surface area contributed by atoms with Crippen LogP contribution in [0, 0.1) is 0 Å². The van der Waals surface area contributed by atoms with Crippen molar-refractivity contribution in [3.05, 3.63) is 11.4 Å². The molecule has 0 heterocycles. The fraction of sp³-hybridized carbons (Fsp3) is 0.571. The number of rotatable bonds is 4. The maximum atomic E-state index is 10.8. The van der Waals surface area contributed by atoms with Gasteiger partial charge in [-0.3, -0.25) is 4.79 Å². The Hall–Kier alpha value is -0.280. The maximum Gasteiger partial charge on any atom is 0.300 e. The van der Waals surface area contributed by atoms with Gasteiger partial charge < -0.3 is 5.73 Å². The Bertz CT molecular complexity index is 219. The van der Waals surface area contributed by atoms with Crippen LogP contribution in [0.1, 0.15) is 12.8 Å². The van der Waals surface area contributed by atoms with Gasteiger partial charge in [0.25, 0.3) is 7.72 Å². The molecule has 1 aliphatic carbocycles. The Morgan fingerprint density at radius 1 is 1.58 bits per heavy atom. The molecule has 0 radical (unpaired) electrons. The number of carbonyl (C=O) groups excluding carboxylic acids is 1. The average molecular weight is 190 g/mol. The van der Waals surface area contributed by atoms with Crippen molar-refractivity contribution >= 4 is 13.5 Å². The molecule has 0 unspecified atom stereocenters. The summed E-state index contributed by atoms with van der Waals surface area (Å²) in [7, 11) is -3.10. The number of ketones is 1. The van der Waals surface area contributed by atoms with Crippen LogP contribution in [0.2, 0.25) is 0 Å². The van der Waals surface area contributed by atoms with E-state index in [4.69, 9.17) is 5.73 Å². The molecular formula is C7H13NO3P+. The van der Waals surface area contributed by atoms with Crippen LogP contribution in [0.4, 0.5) is 0 Å². The summed E-state index contributed by atoms with van der Waals surface area (Å²) in [5.74, 6) is 1.14. The topological polar surface area (TPSA) is 83.6 Å². The molecule has 0 amide bonds. The number of carbonyl (C=O) groups is 1. The van der Waals surface area contributed by atoms with E-state index in [1.807, 2.05) is 0 Å². The van der Waals surface area contributed by atoms with E-state index in [1.54, 1.807) is 0 Å². The molecule has 68 valence electrons. The molecule has 12 heavy (non-hydrogen) atoms. The van der Waals surface area contributed by atoms with Gasteiger partial charge in [0.2, 0.25) is 0 Å². The van der Waals surface area contributed by atoms with Gasteiger partial charge >= 0.3 is 0 Å². The van der Waals surface area contributed by atoms with E-state index in [-0.39, 0.29) is 18.5 Å². The number of nitrogens with two attached hydrogens (primary N) is 1. The molecule has 0 spiro atoms. The first-order chi connectivity index (χ1) is 5.53. The van der Waals surface area contributed by atoms with Gasteiger partial charge in [-0.25, -0.2) is 9.79 Å². The Kier molecular flexibility index (Phi) is 2.96. The van der Waals surface area contributed by atoms with Crippen molar-refractivity contribution < 1.29 is 14.6 Å². The number of hydrogen-bond donors (Lipinski definition) is 3. The highest BCUT2D eigenvalue weighted by Gasteiger charge is 2.35. The van der Waals surface area contributed by atoms with Crippen molar-refractivity contribution in [2.75, 3.05) is 12.7 Å². The third-order valence-electron chi connectivity index (χ3n) is 1.56. The van der Waals surface area contributed by atoms with Crippen LogP contribution >= 0.6 is 7.72 Å². The summed E-state index contributed by atoms with van der Waals surface area (Å²) in [5, 5.41) is 0. The Morgan fingerprint density at radius 3 is 2.58 bits per heavy atom. The Morgan fingerprint density at radius 2 is 2.17 bits per heavy atom. The van der Waals surface area contributed by atoms with E-state index in [0.717, 1.165) is 18.4 Å². The molecule has 1 saturated carbocycles. The molecule has 4 N–H and O–H groups in total. The van der Waals surface area contributed by atoms with E-state index >= 15 is 0 Å². The second kappa shape index (κ2) is 3.62. The molecule has 1 aliphatic rings. The van der Waals surface area contributed by atoms with Crippen LogP contribution in [0.25, 0.3) is 0 Å². The summed E-state index contributed by atoms with van der Waals surface area (Å²) in [6, 6.07) is 0. The zero-order valence-electron chi connectivity index (χ0n) is 6.73. The molecule has 4 nitrogen and oxygen atoms in total. The third kappa shape index (κ3) is 3.41. The highest BCUT2D eigenvalue weighted by molar-refractivity contribution is 7.68. The Balaban J connectivity index is 2.47. The molecule has 1 fully saturated rings. The first kappa shape index (κ1) is 9.81. The van der Waals surface area contributed by atoms with Crippen LogP contribution in [0.5, 0.6) is 0 Å². The van der Waals surface area contributed by atoms with Crippen LogP contribution in [-0.2, 0) is 4.79 Å². The minimum absolute atomic E-state index is 0.119. The predicted octanol–water partition coefficient (Wildman–Crippen LogP) is 0.0241. The molecule has 0 aromatic carbocycles. The third-order valence-corrected chi connectivity index (χ3v) is 3.16. The van der Waals surface area contributed by atoms with Crippen LogP contribution in [0.15, 0.2) is 11.4 Å². The van der Waals surface area contributed by atoms with Gasteiger partial charge in [-0.15, -0.1) is 0 Å². The molecule has 0 aromatic rings. The minimum atomic E-state index is -3.10. The van der Waals surface area contributed by atoms with E-state index in [9.17, 15) is 14.6 Å². The SMILES string of the molecule is NCC(=O)C[P+](O)(O)C=C1CC1. The van der Waals surface area contributed by atoms with Gasteiger partial charge in [0, 0.05) is 0 Å². The summed E-state index contributed by atoms with van der Waals surface area (Å²) in [6.45, 7) is -0.119. The molecule has 5 heteroatoms. The number of allylic oxidation sites excluding steroid dienone is 1. The van der Waals surface area contributed by atoms with Crippen LogP contribution in [-0.4, -0.2) is 28.3 Å². The first-order valence-corrected chi connectivity index (χ1v) is 5.74. The fourth-order valence-corrected chi connectivity index (χ4v) is 2.45. The quantitative estimate of drug-likeness (QED) is 0.546. The van der Waals surface area contributed by atoms with Gasteiger partial charge in [-0.1, -0.05) is 0 Å². The van der Waals surface area contributed by atoms with Crippen molar-refractivity contribution in [3.63, 3.8) is 0 Å². The monoisotopic (exact) mass is 190 g/mol. The van der Waals surface area contributed by atoms with Gasteiger partial charge in [-0.2, -0.15) is 0 Å². The lowest BCUT2D eigenvalue weighted by molar-refractivity contribution is -0.115. The second-order valence-electron chi connectivity index (χ2n) is 2.97. The lowest BCUT2D eigenvalue weighted by atomic mass is 10.5. The van der Waals surface area contributed by atoms with Crippen LogP contribution < -0.4 is 5.73 Å². The maximum absolute atomic E-state index is 10.8. The van der Waals surface area contributed by atoms with E-state index in [1.165, 1.54) is 5.82 Å². The fourth-order valence-electron chi connectivity index (χ4n) is 0.863. The Labute approximate surface area is 71.6 Å². The summed E-state index contributed by atoms with van der Waals surface area (Å²) in [4.78, 5) is 29.5. The van der Waals surface area contributed by atoms with Crippen molar-refractivity contribution in [2.24, 2.45) is 5.73 Å². The van der Waals surface area contributed by atoms with Gasteiger partial charge in [-0.05, 0) is 18.4 Å². The van der Waals surface area contributed by atoms with Gasteiger partial charge in [0.1, 0.15) is 5.82 Å². The lowest BCUT2D eigenvalue weighted by Crippen LogP contribution is -2.18. The van der Waals surface area contributed by atoms with E-state index < -0.39 is 7.72 Å². The standard InChI is InChI=1S/C7H13NO3P/c8-3-7(9)5-12(10,11)4-6-1-2-6/h4,10-11H,1-3,5,8H2/q+1. The summed E-state index contributed by atoms with van der Waals surface area (Å²) in [5.41, 5.74) is 6.09. The molecule has 0 saturated heterocycles. The summed E-state index contributed by atoms with van der Waals surface area (Å²) in [6.07, 6.45) is 1.66. The normalized spacial score (nSPS) is 16.1. The minimum Gasteiger partial charge on any atom is -0.324 e. The zero-order chi connectivity index (χ0) is 9.19. The van der Waals surface area contributed by atoms with Crippen molar-refractivity contribution in [1.82, 2.24) is 0 Å². The van der Waals surface area contributed by atoms with E-state index in [2.05, 4.69) is 0 Å². The van der Waals surface area contributed by atoms with Crippen molar-refractivity contribution in [1.29, 1.82) is 0 Å². The highest BCUT2D eigenvalue weighted by atomic mass is 31.2.